The lowest BCUT2D eigenvalue weighted by molar-refractivity contribution is 0.385. The summed E-state index contributed by atoms with van der Waals surface area (Å²) in [5.74, 6) is 0. The number of rotatable bonds is 0. The van der Waals surface area contributed by atoms with Crippen molar-refractivity contribution >= 4 is 27.4 Å². The van der Waals surface area contributed by atoms with Gasteiger partial charge in [0.15, 0.2) is 5.58 Å². The van der Waals surface area contributed by atoms with Gasteiger partial charge < -0.3 is 4.52 Å². The van der Waals surface area contributed by atoms with Crippen LogP contribution in [0.15, 0.2) is 47.0 Å². The number of hydrogen-bond acceptors (Lipinski definition) is 1. The number of para-hydroxylation sites is 2. The van der Waals surface area contributed by atoms with Crippen LogP contribution in [-0.4, -0.2) is 4.57 Å². The molecule has 2 nitrogen and oxygen atoms in total. The highest BCUT2D eigenvalue weighted by molar-refractivity contribution is 6.13. The van der Waals surface area contributed by atoms with Crippen LogP contribution in [0.1, 0.15) is 0 Å². The molecule has 0 saturated carbocycles. The number of benzene rings is 2. The fourth-order valence-electron chi connectivity index (χ4n) is 2.18. The zero-order valence-corrected chi connectivity index (χ0v) is 7.40. The third-order valence-corrected chi connectivity index (χ3v) is 2.80. The van der Waals surface area contributed by atoms with Crippen LogP contribution >= 0.6 is 0 Å². The molecule has 0 aliphatic rings. The molecule has 0 amide bonds. The van der Waals surface area contributed by atoms with Crippen molar-refractivity contribution < 1.29 is 4.52 Å². The highest BCUT2D eigenvalue weighted by atomic mass is 16.5. The van der Waals surface area contributed by atoms with Gasteiger partial charge >= 0.3 is 0 Å². The highest BCUT2D eigenvalue weighted by Crippen LogP contribution is 2.34. The Morgan fingerprint density at radius 2 is 1.71 bits per heavy atom. The molecule has 0 aliphatic heterocycles. The second-order valence-corrected chi connectivity index (χ2v) is 3.56. The maximum atomic E-state index is 5.55. The molecule has 2 aromatic heterocycles. The Bertz CT molecular complexity index is 707. The summed E-state index contributed by atoms with van der Waals surface area (Å²) < 4.78 is 7.45. The van der Waals surface area contributed by atoms with Crippen LogP contribution in [0, 0.1) is 0 Å². The summed E-state index contributed by atoms with van der Waals surface area (Å²) in [7, 11) is 0. The molecule has 0 spiro atoms. The third kappa shape index (κ3) is 0.538. The molecule has 2 heteroatoms. The van der Waals surface area contributed by atoms with Crippen LogP contribution in [0.2, 0.25) is 0 Å². The Morgan fingerprint density at radius 3 is 2.71 bits per heavy atom. The van der Waals surface area contributed by atoms with Gasteiger partial charge in [0.25, 0.3) is 0 Å². The lowest BCUT2D eigenvalue weighted by atomic mass is 10.1. The molecule has 2 aromatic carbocycles. The van der Waals surface area contributed by atoms with Crippen molar-refractivity contribution in [2.75, 3.05) is 0 Å². The van der Waals surface area contributed by atoms with Gasteiger partial charge in [-0.15, -0.1) is 0 Å². The first kappa shape index (κ1) is 6.49. The van der Waals surface area contributed by atoms with E-state index in [1.165, 1.54) is 16.3 Å². The van der Waals surface area contributed by atoms with Crippen LogP contribution < -0.4 is 0 Å². The summed E-state index contributed by atoms with van der Waals surface area (Å²) >= 11 is 0. The molecule has 66 valence electrons. The molecular weight excluding hydrogens is 174 g/mol. The van der Waals surface area contributed by atoms with Crippen molar-refractivity contribution in [3.63, 3.8) is 0 Å². The van der Waals surface area contributed by atoms with E-state index in [1.54, 1.807) is 0 Å². The van der Waals surface area contributed by atoms with Gasteiger partial charge in [-0.3, -0.25) is 0 Å². The van der Waals surface area contributed by atoms with Crippen molar-refractivity contribution in [3.05, 3.63) is 42.5 Å². The van der Waals surface area contributed by atoms with Gasteiger partial charge in [-0.05, 0) is 12.1 Å². The Balaban J connectivity index is 2.50. The van der Waals surface area contributed by atoms with E-state index in [4.69, 9.17) is 4.52 Å². The van der Waals surface area contributed by atoms with Crippen LogP contribution in [0.4, 0.5) is 0 Å². The van der Waals surface area contributed by atoms with Crippen LogP contribution in [0.3, 0.4) is 0 Å². The van der Waals surface area contributed by atoms with Gasteiger partial charge in [0, 0.05) is 10.8 Å². The van der Waals surface area contributed by atoms with Crippen LogP contribution in [0.5, 0.6) is 0 Å². The number of nitrogens with zero attached hydrogens (tertiary/aromatic N) is 1. The van der Waals surface area contributed by atoms with E-state index in [0.717, 1.165) is 11.1 Å². The van der Waals surface area contributed by atoms with Crippen molar-refractivity contribution in [2.24, 2.45) is 0 Å². The average molecular weight is 181 g/mol. The predicted molar refractivity (Wildman–Crippen MR) is 55.9 cm³/mol. The maximum Gasteiger partial charge on any atom is 0.183 e. The molecule has 0 aliphatic carbocycles. The lowest BCUT2D eigenvalue weighted by Gasteiger charge is -2.02. The number of fused-ring (bicyclic) bond motifs is 3. The van der Waals surface area contributed by atoms with Crippen molar-refractivity contribution in [2.45, 2.75) is 0 Å². The zero-order chi connectivity index (χ0) is 9.12. The largest absolute Gasteiger partial charge is 0.372 e. The smallest absolute Gasteiger partial charge is 0.183 e. The van der Waals surface area contributed by atoms with Crippen molar-refractivity contribution in [1.29, 1.82) is 0 Å². The third-order valence-electron chi connectivity index (χ3n) is 2.80. The number of aromatic nitrogens is 1. The lowest BCUT2D eigenvalue weighted by Crippen LogP contribution is -1.88. The van der Waals surface area contributed by atoms with Gasteiger partial charge in [0.2, 0.25) is 0 Å². The quantitative estimate of drug-likeness (QED) is 0.407. The van der Waals surface area contributed by atoms with E-state index in [9.17, 15) is 0 Å². The summed E-state index contributed by atoms with van der Waals surface area (Å²) in [4.78, 5) is 0. The van der Waals surface area contributed by atoms with Gasteiger partial charge in [-0.25, -0.2) is 0 Å². The molecule has 4 rings (SSSR count). The van der Waals surface area contributed by atoms with Gasteiger partial charge in [-0.2, -0.15) is 4.57 Å². The topological polar surface area (TPSA) is 17.6 Å². The molecule has 2 heterocycles. The molecule has 0 fully saturated rings. The minimum absolute atomic E-state index is 0.985. The van der Waals surface area contributed by atoms with Gasteiger partial charge in [-0.1, -0.05) is 30.3 Å². The molecule has 4 aromatic rings. The summed E-state index contributed by atoms with van der Waals surface area (Å²) in [6, 6.07) is 14.5. The zero-order valence-electron chi connectivity index (χ0n) is 7.40. The Morgan fingerprint density at radius 1 is 0.857 bits per heavy atom. The average Bonchev–Trinajstić information content (AvgIpc) is 2.49. The van der Waals surface area contributed by atoms with Crippen LogP contribution in [0.25, 0.3) is 27.4 Å². The second kappa shape index (κ2) is 1.93. The second-order valence-electron chi connectivity index (χ2n) is 3.56. The van der Waals surface area contributed by atoms with Gasteiger partial charge in [0.05, 0.1) is 5.52 Å². The summed E-state index contributed by atoms with van der Waals surface area (Å²) in [6.45, 7) is 0. The standard InChI is InChI=1S/C12H7NO/c1-2-6-10-8(4-1)9-5-3-7-11-12(9)13(10)14-11/h1-7H. The van der Waals surface area contributed by atoms with E-state index in [0.29, 0.717) is 0 Å². The minimum atomic E-state index is 0.985. The number of hydrogen-bond donors (Lipinski definition) is 0. The predicted octanol–water partition coefficient (Wildman–Crippen LogP) is 3.28. The van der Waals surface area contributed by atoms with E-state index in [-0.39, 0.29) is 0 Å². The monoisotopic (exact) mass is 181 g/mol. The first-order valence-electron chi connectivity index (χ1n) is 4.66. The maximum absolute atomic E-state index is 5.55. The van der Waals surface area contributed by atoms with Gasteiger partial charge in [0.1, 0.15) is 5.52 Å². The Kier molecular flexibility index (Phi) is 0.892. The molecule has 0 bridgehead atoms. The van der Waals surface area contributed by atoms with E-state index in [1.807, 2.05) is 22.8 Å². The molecule has 0 atom stereocenters. The fraction of sp³-hybridized carbons (Fsp3) is 0. The minimum Gasteiger partial charge on any atom is -0.372 e. The Hall–Kier alpha value is -1.96. The SMILES string of the molecule is c1ccc2c(c1)c1cccc3on2c31. The van der Waals surface area contributed by atoms with Crippen molar-refractivity contribution in [3.8, 4) is 0 Å². The first-order chi connectivity index (χ1) is 6.95. The van der Waals surface area contributed by atoms with Crippen LogP contribution in [-0.2, 0) is 0 Å². The molecule has 0 N–H and O–H groups in total. The highest BCUT2D eigenvalue weighted by Gasteiger charge is 2.15. The summed E-state index contributed by atoms with van der Waals surface area (Å²) in [5, 5.41) is 2.55. The molecule has 0 saturated heterocycles. The van der Waals surface area contributed by atoms with E-state index >= 15 is 0 Å². The molecule has 14 heavy (non-hydrogen) atoms. The summed E-state index contributed by atoms with van der Waals surface area (Å²) in [5.41, 5.74) is 3.36. The molecule has 0 unspecified atom stereocenters. The van der Waals surface area contributed by atoms with Crippen molar-refractivity contribution in [1.82, 2.24) is 4.57 Å². The Labute approximate surface area is 79.6 Å². The normalized spacial score (nSPS) is 12.3. The fourth-order valence-corrected chi connectivity index (χ4v) is 2.18. The van der Waals surface area contributed by atoms with E-state index in [2.05, 4.69) is 24.3 Å². The summed E-state index contributed by atoms with van der Waals surface area (Å²) in [6.07, 6.45) is 0. The van der Waals surface area contributed by atoms with E-state index < -0.39 is 0 Å². The molecular formula is C12H7NO. The first-order valence-corrected chi connectivity index (χ1v) is 4.66. The molecule has 0 radical (unpaired) electrons.